The molecule has 0 fully saturated rings. The lowest BCUT2D eigenvalue weighted by molar-refractivity contribution is 1.18. The van der Waals surface area contributed by atoms with Crippen LogP contribution < -0.4 is 4.90 Å². The van der Waals surface area contributed by atoms with E-state index in [-0.39, 0.29) is 0 Å². The molecule has 0 radical (unpaired) electrons. The van der Waals surface area contributed by atoms with Gasteiger partial charge in [-0.15, -0.1) is 0 Å². The van der Waals surface area contributed by atoms with E-state index in [4.69, 9.17) is 0 Å². The number of para-hydroxylation sites is 3. The Morgan fingerprint density at radius 3 is 1.79 bits per heavy atom. The zero-order valence-corrected chi connectivity index (χ0v) is 31.8. The van der Waals surface area contributed by atoms with Crippen molar-refractivity contribution in [1.29, 1.82) is 0 Å². The maximum Gasteiger partial charge on any atom is 0.0547 e. The molecule has 0 N–H and O–H groups in total. The van der Waals surface area contributed by atoms with Gasteiger partial charge in [-0.3, -0.25) is 0 Å². The molecule has 0 bridgehead atoms. The van der Waals surface area contributed by atoms with Crippen molar-refractivity contribution in [1.82, 2.24) is 4.57 Å². The van der Waals surface area contributed by atoms with Crippen LogP contribution in [0, 0.1) is 0 Å². The second kappa shape index (κ2) is 14.1. The van der Waals surface area contributed by atoms with Gasteiger partial charge in [0.2, 0.25) is 0 Å². The Labute approximate surface area is 338 Å². The highest BCUT2D eigenvalue weighted by atomic mass is 15.1. The minimum Gasteiger partial charge on any atom is -0.310 e. The third kappa shape index (κ3) is 5.74. The van der Waals surface area contributed by atoms with E-state index in [9.17, 15) is 0 Å². The molecule has 0 unspecified atom stereocenters. The molecule has 1 aromatic heterocycles. The van der Waals surface area contributed by atoms with Crippen molar-refractivity contribution in [2.75, 3.05) is 4.90 Å². The van der Waals surface area contributed by atoms with Crippen LogP contribution in [-0.2, 0) is 0 Å². The van der Waals surface area contributed by atoms with Gasteiger partial charge < -0.3 is 9.47 Å². The van der Waals surface area contributed by atoms with Gasteiger partial charge in [0.15, 0.2) is 0 Å². The average molecular weight is 739 g/mol. The number of aromatic nitrogens is 1. The van der Waals surface area contributed by atoms with E-state index in [0.29, 0.717) is 0 Å². The Balaban J connectivity index is 1.06. The molecule has 11 rings (SSSR count). The van der Waals surface area contributed by atoms with E-state index < -0.39 is 0 Å². The molecule has 0 amide bonds. The Hall–Kier alpha value is -7.68. The van der Waals surface area contributed by atoms with Crippen molar-refractivity contribution in [3.63, 3.8) is 0 Å². The summed E-state index contributed by atoms with van der Waals surface area (Å²) in [7, 11) is 0. The van der Waals surface area contributed by atoms with Gasteiger partial charge in [0.25, 0.3) is 0 Å². The fourth-order valence-electron chi connectivity index (χ4n) is 8.88. The zero-order valence-electron chi connectivity index (χ0n) is 31.8. The lowest BCUT2D eigenvalue weighted by atomic mass is 9.96. The number of fused-ring (bicyclic) bond motifs is 6. The number of nitrogens with zero attached hydrogens (tertiary/aromatic N) is 2. The first-order chi connectivity index (χ1) is 28.8. The summed E-state index contributed by atoms with van der Waals surface area (Å²) in [5.74, 6) is 0. The van der Waals surface area contributed by atoms with Crippen molar-refractivity contribution in [2.45, 2.75) is 0 Å². The third-order valence-corrected chi connectivity index (χ3v) is 11.6. The Morgan fingerprint density at radius 1 is 0.310 bits per heavy atom. The summed E-state index contributed by atoms with van der Waals surface area (Å²) in [4.78, 5) is 2.41. The molecule has 0 saturated heterocycles. The van der Waals surface area contributed by atoms with Crippen molar-refractivity contribution in [3.8, 4) is 39.1 Å². The molecular weight excluding hydrogens is 701 g/mol. The first-order valence-electron chi connectivity index (χ1n) is 19.9. The van der Waals surface area contributed by atoms with Crippen LogP contribution in [0.4, 0.5) is 17.1 Å². The molecule has 11 aromatic rings. The van der Waals surface area contributed by atoms with Crippen LogP contribution in [0.2, 0.25) is 0 Å². The van der Waals surface area contributed by atoms with Gasteiger partial charge in [-0.05, 0) is 110 Å². The molecule has 0 atom stereocenters. The number of rotatable bonds is 7. The average Bonchev–Trinajstić information content (AvgIpc) is 3.65. The third-order valence-electron chi connectivity index (χ3n) is 11.6. The van der Waals surface area contributed by atoms with E-state index in [1.165, 1.54) is 76.7 Å². The van der Waals surface area contributed by atoms with Crippen molar-refractivity contribution >= 4 is 60.4 Å². The van der Waals surface area contributed by atoms with Crippen molar-refractivity contribution < 1.29 is 0 Å². The van der Waals surface area contributed by atoms with Gasteiger partial charge in [-0.2, -0.15) is 0 Å². The monoisotopic (exact) mass is 738 g/mol. The van der Waals surface area contributed by atoms with Crippen LogP contribution >= 0.6 is 0 Å². The van der Waals surface area contributed by atoms with Gasteiger partial charge in [-0.25, -0.2) is 0 Å². The zero-order chi connectivity index (χ0) is 38.4. The van der Waals surface area contributed by atoms with Crippen LogP contribution in [0.25, 0.3) is 82.4 Å². The summed E-state index contributed by atoms with van der Waals surface area (Å²) in [6.45, 7) is 0. The summed E-state index contributed by atoms with van der Waals surface area (Å²) in [6, 6.07) is 83.6. The normalized spacial score (nSPS) is 11.4. The maximum atomic E-state index is 2.41. The standard InChI is InChI=1S/C56H38N2/c1-3-15-40(16-4-1)50-23-9-11-26-53(50)57(46-34-31-39(32-35-46)42-33-36-49-44(37-42)30-29-41-17-7-8-22-48(41)49)47-21-13-18-43(38-47)51-25-14-28-55-56(51)52-24-10-12-27-54(52)58(55)45-19-5-2-6-20-45/h1-38H. The molecule has 0 aliphatic heterocycles. The molecule has 2 heteroatoms. The Bertz CT molecular complexity index is 3270. The Morgan fingerprint density at radius 2 is 0.931 bits per heavy atom. The highest BCUT2D eigenvalue weighted by molar-refractivity contribution is 6.16. The molecule has 0 saturated carbocycles. The van der Waals surface area contributed by atoms with Crippen LogP contribution in [0.3, 0.4) is 0 Å². The first-order valence-corrected chi connectivity index (χ1v) is 19.9. The van der Waals surface area contributed by atoms with E-state index >= 15 is 0 Å². The number of benzene rings is 10. The number of hydrogen-bond donors (Lipinski definition) is 0. The SMILES string of the molecule is c1ccc(-c2ccccc2N(c2ccc(-c3ccc4c(ccc5ccccc54)c3)cc2)c2cccc(-c3cccc4c3c3ccccc3n4-c3ccccc3)c2)cc1. The van der Waals surface area contributed by atoms with Crippen LogP contribution in [0.1, 0.15) is 0 Å². The minimum atomic E-state index is 1.09. The first kappa shape index (κ1) is 33.6. The molecule has 1 heterocycles. The second-order valence-electron chi connectivity index (χ2n) is 14.9. The lowest BCUT2D eigenvalue weighted by Crippen LogP contribution is -2.11. The lowest BCUT2D eigenvalue weighted by Gasteiger charge is -2.28. The smallest absolute Gasteiger partial charge is 0.0547 e. The molecule has 0 aliphatic carbocycles. The minimum absolute atomic E-state index is 1.09. The predicted octanol–water partition coefficient (Wildman–Crippen LogP) is 15.6. The molecule has 0 aliphatic rings. The fraction of sp³-hybridized carbons (Fsp3) is 0. The second-order valence-corrected chi connectivity index (χ2v) is 14.9. The van der Waals surface area contributed by atoms with Gasteiger partial charge >= 0.3 is 0 Å². The van der Waals surface area contributed by atoms with E-state index in [0.717, 1.165) is 22.7 Å². The van der Waals surface area contributed by atoms with Crippen LogP contribution in [0.5, 0.6) is 0 Å². The fourth-order valence-corrected chi connectivity index (χ4v) is 8.88. The van der Waals surface area contributed by atoms with Crippen molar-refractivity contribution in [2.24, 2.45) is 0 Å². The predicted molar refractivity (Wildman–Crippen MR) is 247 cm³/mol. The summed E-state index contributed by atoms with van der Waals surface area (Å²) in [5.41, 5.74) is 14.0. The topological polar surface area (TPSA) is 8.17 Å². The molecule has 2 nitrogen and oxygen atoms in total. The maximum absolute atomic E-state index is 2.41. The molecular formula is C56H38N2. The molecule has 58 heavy (non-hydrogen) atoms. The van der Waals surface area contributed by atoms with Crippen molar-refractivity contribution in [3.05, 3.63) is 231 Å². The quantitative estimate of drug-likeness (QED) is 0.148. The molecule has 0 spiro atoms. The molecule has 272 valence electrons. The Kier molecular flexibility index (Phi) is 8.19. The van der Waals surface area contributed by atoms with Gasteiger partial charge in [0.1, 0.15) is 0 Å². The highest BCUT2D eigenvalue weighted by Gasteiger charge is 2.20. The number of hydrogen-bond acceptors (Lipinski definition) is 1. The summed E-state index contributed by atoms with van der Waals surface area (Å²) in [5, 5.41) is 7.58. The van der Waals surface area contributed by atoms with E-state index in [1.54, 1.807) is 0 Å². The largest absolute Gasteiger partial charge is 0.310 e. The van der Waals surface area contributed by atoms with Crippen LogP contribution in [0.15, 0.2) is 231 Å². The number of anilines is 3. The summed E-state index contributed by atoms with van der Waals surface area (Å²) >= 11 is 0. The molecule has 10 aromatic carbocycles. The van der Waals surface area contributed by atoms with Gasteiger partial charge in [0, 0.05) is 33.4 Å². The van der Waals surface area contributed by atoms with E-state index in [2.05, 4.69) is 240 Å². The summed E-state index contributed by atoms with van der Waals surface area (Å²) in [6.07, 6.45) is 0. The highest BCUT2D eigenvalue weighted by Crippen LogP contribution is 2.44. The summed E-state index contributed by atoms with van der Waals surface area (Å²) < 4.78 is 2.39. The van der Waals surface area contributed by atoms with E-state index in [1.807, 2.05) is 0 Å². The van der Waals surface area contributed by atoms with Crippen LogP contribution in [-0.4, -0.2) is 4.57 Å². The van der Waals surface area contributed by atoms with Gasteiger partial charge in [-0.1, -0.05) is 170 Å². The van der Waals surface area contributed by atoms with Gasteiger partial charge in [0.05, 0.1) is 16.7 Å².